The molecule has 0 amide bonds. The van der Waals surface area contributed by atoms with Crippen molar-refractivity contribution < 1.29 is 9.30 Å². The van der Waals surface area contributed by atoms with Crippen LogP contribution in [0, 0.1) is 0 Å². The summed E-state index contributed by atoms with van der Waals surface area (Å²) >= 11 is 0. The van der Waals surface area contributed by atoms with Gasteiger partial charge < -0.3 is 4.74 Å². The Hall–Kier alpha value is -1.57. The van der Waals surface area contributed by atoms with Crippen molar-refractivity contribution in [2.24, 2.45) is 7.05 Å². The van der Waals surface area contributed by atoms with Crippen molar-refractivity contribution in [3.63, 3.8) is 0 Å². The first-order valence-electron chi connectivity index (χ1n) is 4.23. The van der Waals surface area contributed by atoms with Gasteiger partial charge in [0.2, 0.25) is 0 Å². The van der Waals surface area contributed by atoms with Crippen LogP contribution in [0.15, 0.2) is 36.5 Å². The van der Waals surface area contributed by atoms with E-state index in [0.29, 0.717) is 0 Å². The molecule has 0 bridgehead atoms. The fourth-order valence-electron chi connectivity index (χ4n) is 1.47. The molecule has 66 valence electrons. The number of nitrogens with zero attached hydrogens (tertiary/aromatic N) is 1. The minimum absolute atomic E-state index is 0.874. The van der Waals surface area contributed by atoms with Gasteiger partial charge in [0, 0.05) is 5.39 Å². The summed E-state index contributed by atoms with van der Waals surface area (Å²) in [6, 6.07) is 10.3. The van der Waals surface area contributed by atoms with Crippen molar-refractivity contribution in [3.05, 3.63) is 36.5 Å². The van der Waals surface area contributed by atoms with Crippen molar-refractivity contribution in [1.29, 1.82) is 0 Å². The van der Waals surface area contributed by atoms with Crippen LogP contribution in [-0.2, 0) is 7.05 Å². The van der Waals surface area contributed by atoms with Crippen LogP contribution in [0.4, 0.5) is 0 Å². The molecule has 0 unspecified atom stereocenters. The van der Waals surface area contributed by atoms with Crippen molar-refractivity contribution in [2.75, 3.05) is 7.11 Å². The highest BCUT2D eigenvalue weighted by atomic mass is 16.5. The van der Waals surface area contributed by atoms with Gasteiger partial charge in [-0.1, -0.05) is 18.2 Å². The number of rotatable bonds is 1. The van der Waals surface area contributed by atoms with Gasteiger partial charge in [-0.15, -0.1) is 0 Å². The molecule has 1 aromatic heterocycles. The summed E-state index contributed by atoms with van der Waals surface area (Å²) in [6.45, 7) is 0. The Labute approximate surface area is 77.4 Å². The van der Waals surface area contributed by atoms with Gasteiger partial charge in [-0.05, 0) is 11.5 Å². The number of benzene rings is 1. The third-order valence-corrected chi connectivity index (χ3v) is 2.16. The minimum atomic E-state index is 0.874. The topological polar surface area (TPSA) is 13.1 Å². The number of hydrogen-bond acceptors (Lipinski definition) is 1. The molecule has 2 aromatic rings. The Morgan fingerprint density at radius 1 is 1.15 bits per heavy atom. The SMILES string of the molecule is COc1cc2ccccc2c[n+]1C. The van der Waals surface area contributed by atoms with Gasteiger partial charge in [-0.3, -0.25) is 0 Å². The molecule has 0 aliphatic carbocycles. The minimum Gasteiger partial charge on any atom is -0.448 e. The molecule has 13 heavy (non-hydrogen) atoms. The number of aryl methyl sites for hydroxylation is 1. The summed E-state index contributed by atoms with van der Waals surface area (Å²) in [7, 11) is 3.66. The maximum Gasteiger partial charge on any atom is 0.367 e. The zero-order valence-electron chi connectivity index (χ0n) is 7.82. The first-order chi connectivity index (χ1) is 6.31. The molecule has 0 aliphatic heterocycles. The van der Waals surface area contributed by atoms with E-state index in [1.807, 2.05) is 29.8 Å². The smallest absolute Gasteiger partial charge is 0.367 e. The highest BCUT2D eigenvalue weighted by molar-refractivity contribution is 5.81. The molecule has 0 N–H and O–H groups in total. The van der Waals surface area contributed by atoms with Crippen molar-refractivity contribution >= 4 is 10.8 Å². The van der Waals surface area contributed by atoms with Crippen LogP contribution in [0.3, 0.4) is 0 Å². The Bertz CT molecular complexity index is 437. The van der Waals surface area contributed by atoms with Gasteiger partial charge in [0.05, 0.1) is 13.2 Å². The molecule has 2 rings (SSSR count). The van der Waals surface area contributed by atoms with Crippen molar-refractivity contribution in [2.45, 2.75) is 0 Å². The van der Waals surface area contributed by atoms with Crippen LogP contribution in [0.5, 0.6) is 5.88 Å². The molecule has 0 atom stereocenters. The number of ether oxygens (including phenoxy) is 1. The largest absolute Gasteiger partial charge is 0.448 e. The first-order valence-corrected chi connectivity index (χ1v) is 4.23. The van der Waals surface area contributed by atoms with E-state index in [4.69, 9.17) is 4.74 Å². The van der Waals surface area contributed by atoms with Gasteiger partial charge in [-0.2, -0.15) is 4.57 Å². The van der Waals surface area contributed by atoms with Crippen LogP contribution < -0.4 is 9.30 Å². The van der Waals surface area contributed by atoms with E-state index in [-0.39, 0.29) is 0 Å². The lowest BCUT2D eigenvalue weighted by Crippen LogP contribution is -2.29. The number of fused-ring (bicyclic) bond motifs is 1. The summed E-state index contributed by atoms with van der Waals surface area (Å²) in [5.74, 6) is 0.874. The van der Waals surface area contributed by atoms with Gasteiger partial charge in [0.1, 0.15) is 7.05 Å². The van der Waals surface area contributed by atoms with E-state index in [2.05, 4.69) is 18.3 Å². The standard InChI is InChI=1S/C11H12NO/c1-12-8-10-6-4-3-5-9(10)7-11(12)13-2/h3-8H,1-2H3/q+1. The molecule has 0 saturated carbocycles. The van der Waals surface area contributed by atoms with E-state index in [0.717, 1.165) is 5.88 Å². The Balaban J connectivity index is 2.74. The summed E-state index contributed by atoms with van der Waals surface area (Å²) in [6.07, 6.45) is 2.06. The van der Waals surface area contributed by atoms with E-state index in [1.54, 1.807) is 7.11 Å². The van der Waals surface area contributed by atoms with Crippen LogP contribution >= 0.6 is 0 Å². The zero-order chi connectivity index (χ0) is 9.26. The summed E-state index contributed by atoms with van der Waals surface area (Å²) < 4.78 is 7.19. The Kier molecular flexibility index (Phi) is 1.89. The summed E-state index contributed by atoms with van der Waals surface area (Å²) in [4.78, 5) is 0. The number of pyridine rings is 1. The second-order valence-corrected chi connectivity index (χ2v) is 3.06. The molecule has 1 aromatic carbocycles. The van der Waals surface area contributed by atoms with Crippen LogP contribution in [-0.4, -0.2) is 7.11 Å². The molecule has 0 radical (unpaired) electrons. The van der Waals surface area contributed by atoms with Crippen molar-refractivity contribution in [3.8, 4) is 5.88 Å². The monoisotopic (exact) mass is 174 g/mol. The summed E-state index contributed by atoms with van der Waals surface area (Å²) in [5, 5.41) is 2.43. The highest BCUT2D eigenvalue weighted by Crippen LogP contribution is 2.15. The fraction of sp³-hybridized carbons (Fsp3) is 0.182. The van der Waals surface area contributed by atoms with Gasteiger partial charge in [0.15, 0.2) is 6.20 Å². The van der Waals surface area contributed by atoms with E-state index in [9.17, 15) is 0 Å². The average Bonchev–Trinajstić information content (AvgIpc) is 2.17. The third kappa shape index (κ3) is 1.35. The van der Waals surface area contributed by atoms with Gasteiger partial charge in [0.25, 0.3) is 0 Å². The number of methoxy groups -OCH3 is 1. The molecular formula is C11H12NO+. The normalized spacial score (nSPS) is 10.3. The maximum atomic E-state index is 5.22. The average molecular weight is 174 g/mol. The van der Waals surface area contributed by atoms with E-state index in [1.165, 1.54) is 10.8 Å². The Morgan fingerprint density at radius 3 is 2.54 bits per heavy atom. The van der Waals surface area contributed by atoms with E-state index < -0.39 is 0 Å². The second kappa shape index (κ2) is 3.05. The van der Waals surface area contributed by atoms with Crippen LogP contribution in [0.25, 0.3) is 10.8 Å². The number of aromatic nitrogens is 1. The predicted octanol–water partition coefficient (Wildman–Crippen LogP) is 1.67. The predicted molar refractivity (Wildman–Crippen MR) is 51.7 cm³/mol. The quantitative estimate of drug-likeness (QED) is 0.599. The fourth-order valence-corrected chi connectivity index (χ4v) is 1.47. The van der Waals surface area contributed by atoms with Crippen LogP contribution in [0.2, 0.25) is 0 Å². The highest BCUT2D eigenvalue weighted by Gasteiger charge is 2.07. The molecule has 0 fully saturated rings. The molecule has 2 heteroatoms. The molecular weight excluding hydrogens is 162 g/mol. The molecule has 1 heterocycles. The number of hydrogen-bond donors (Lipinski definition) is 0. The molecule has 0 saturated heterocycles. The lowest BCUT2D eigenvalue weighted by Gasteiger charge is -1.99. The zero-order valence-corrected chi connectivity index (χ0v) is 7.82. The first kappa shape index (κ1) is 8.05. The molecule has 0 aliphatic rings. The molecule has 2 nitrogen and oxygen atoms in total. The van der Waals surface area contributed by atoms with Gasteiger partial charge in [-0.25, -0.2) is 0 Å². The maximum absolute atomic E-state index is 5.22. The third-order valence-electron chi connectivity index (χ3n) is 2.16. The van der Waals surface area contributed by atoms with Crippen LogP contribution in [0.1, 0.15) is 0 Å². The van der Waals surface area contributed by atoms with Gasteiger partial charge >= 0.3 is 5.88 Å². The lowest BCUT2D eigenvalue weighted by molar-refractivity contribution is -0.675. The van der Waals surface area contributed by atoms with Crippen molar-refractivity contribution in [1.82, 2.24) is 0 Å². The lowest BCUT2D eigenvalue weighted by atomic mass is 10.2. The Morgan fingerprint density at radius 2 is 1.85 bits per heavy atom. The molecule has 0 spiro atoms. The van der Waals surface area contributed by atoms with E-state index >= 15 is 0 Å². The second-order valence-electron chi connectivity index (χ2n) is 3.06. The summed E-state index contributed by atoms with van der Waals surface area (Å²) in [5.41, 5.74) is 0.